The quantitative estimate of drug-likeness (QED) is 0.107. The maximum Gasteiger partial charge on any atom is 0.155 e. The van der Waals surface area contributed by atoms with Crippen molar-refractivity contribution < 1.29 is 24.5 Å². The van der Waals surface area contributed by atoms with Crippen LogP contribution in [0.25, 0.3) is 83.7 Å². The number of aryl methyl sites for hydroxylation is 1. The Balaban J connectivity index is 0.000000246. The van der Waals surface area contributed by atoms with Crippen molar-refractivity contribution in [3.8, 4) is 50.6 Å². The number of pyridine rings is 2. The number of furan rings is 1. The van der Waals surface area contributed by atoms with Crippen LogP contribution in [0.3, 0.4) is 0 Å². The van der Waals surface area contributed by atoms with Crippen LogP contribution in [-0.4, -0.2) is 27.6 Å². The molecule has 0 amide bonds. The second kappa shape index (κ2) is 20.0. The average molecular weight is 1100 g/mol. The summed E-state index contributed by atoms with van der Waals surface area (Å²) in [6.07, 6.45) is 3.21. The number of benzene rings is 6. The van der Waals surface area contributed by atoms with Crippen LogP contribution in [0.2, 0.25) is 19.6 Å². The van der Waals surface area contributed by atoms with Gasteiger partial charge < -0.3 is 14.0 Å². The van der Waals surface area contributed by atoms with Gasteiger partial charge in [-0.3, -0.25) is 4.98 Å². The number of hydrogen-bond donors (Lipinski definition) is 0. The van der Waals surface area contributed by atoms with Gasteiger partial charge in [0.25, 0.3) is 0 Å². The van der Waals surface area contributed by atoms with Crippen molar-refractivity contribution in [2.75, 3.05) is 0 Å². The zero-order valence-electron chi connectivity index (χ0n) is 41.8. The van der Waals surface area contributed by atoms with Crippen molar-refractivity contribution in [3.63, 3.8) is 0 Å². The van der Waals surface area contributed by atoms with E-state index in [-0.39, 0.29) is 37.4 Å². The second-order valence-corrected chi connectivity index (χ2v) is 26.0. The maximum absolute atomic E-state index is 6.74. The largest absolute Gasteiger partial charge is 0.501 e. The third kappa shape index (κ3) is 10.4. The number of nitrogens with zero attached hydrogens (tertiary/aromatic N) is 4. The fourth-order valence-corrected chi connectivity index (χ4v) is 10.9. The van der Waals surface area contributed by atoms with E-state index in [1.54, 1.807) is 0 Å². The normalized spacial score (nSPS) is 11.9. The number of aromatic nitrogens is 4. The molecule has 7 heteroatoms. The minimum atomic E-state index is -1.37. The van der Waals surface area contributed by atoms with Crippen molar-refractivity contribution in [1.29, 1.82) is 0 Å². The van der Waals surface area contributed by atoms with E-state index >= 15 is 0 Å². The van der Waals surface area contributed by atoms with Gasteiger partial charge in [-0.2, -0.15) is 0 Å². The molecule has 0 aliphatic rings. The van der Waals surface area contributed by atoms with Gasteiger partial charge in [0.15, 0.2) is 5.65 Å². The zero-order valence-corrected chi connectivity index (χ0v) is 45.2. The third-order valence-corrected chi connectivity index (χ3v) is 14.7. The van der Waals surface area contributed by atoms with Crippen LogP contribution in [0.4, 0.5) is 0 Å². The van der Waals surface area contributed by atoms with Crippen LogP contribution >= 0.6 is 0 Å². The molecule has 351 valence electrons. The van der Waals surface area contributed by atoms with Crippen molar-refractivity contribution in [1.82, 2.24) is 19.5 Å². The molecule has 5 nitrogen and oxygen atoms in total. The van der Waals surface area contributed by atoms with E-state index in [0.29, 0.717) is 0 Å². The summed E-state index contributed by atoms with van der Waals surface area (Å²) < 4.78 is 9.01. The van der Waals surface area contributed by atoms with Gasteiger partial charge in [0.05, 0.1) is 25.0 Å². The average Bonchev–Trinajstić information content (AvgIpc) is 3.89. The molecule has 0 saturated heterocycles. The van der Waals surface area contributed by atoms with Gasteiger partial charge in [0.1, 0.15) is 5.58 Å². The van der Waals surface area contributed by atoms with Gasteiger partial charge in [-0.05, 0) is 105 Å². The fraction of sp³-hybridized carbons (Fsp3) is 0.242. The topological polar surface area (TPSA) is 56.7 Å². The molecule has 0 saturated carbocycles. The Morgan fingerprint density at radius 3 is 1.91 bits per heavy atom. The molecular formula is C62H62IrN4OSi-2. The molecule has 4 heterocycles. The third-order valence-electron chi connectivity index (χ3n) is 12.7. The minimum Gasteiger partial charge on any atom is -0.501 e. The number of rotatable bonds is 9. The SMILES string of the molecule is CC(C)(C)Cc1cc(-c2[c-]cccc2)ncc1[Si](C)(C)C.Cc1ccc2nc(-c3[c-]ccc4c3oc3cc(-c5ccccc5)ccc34)n(-c3c(C(C)C)cc(-c4ccccc4)cc3C(C)C)c2n1.[Ir]. The van der Waals surface area contributed by atoms with E-state index in [1.807, 2.05) is 43.3 Å². The van der Waals surface area contributed by atoms with Crippen LogP contribution in [0.15, 0.2) is 156 Å². The maximum atomic E-state index is 6.74. The van der Waals surface area contributed by atoms with Crippen molar-refractivity contribution in [2.45, 2.75) is 93.3 Å². The Kier molecular flexibility index (Phi) is 14.3. The Morgan fingerprint density at radius 1 is 0.652 bits per heavy atom. The summed E-state index contributed by atoms with van der Waals surface area (Å²) in [5.74, 6) is 1.29. The smallest absolute Gasteiger partial charge is 0.155 e. The summed E-state index contributed by atoms with van der Waals surface area (Å²) in [6, 6.07) is 57.6. The van der Waals surface area contributed by atoms with Gasteiger partial charge >= 0.3 is 0 Å². The fourth-order valence-electron chi connectivity index (χ4n) is 9.35. The van der Waals surface area contributed by atoms with Crippen LogP contribution in [-0.2, 0) is 26.5 Å². The monoisotopic (exact) mass is 1100 g/mol. The standard InChI is InChI=1S/C43H36N3O.C19H26NSi.Ir/c1-26(2)36-23-32(30-15-10-7-11-16-30)24-37(27(3)4)40(36)46-42(45-38-22-19-28(5)44-43(38)46)35-18-12-17-34-33-21-20-31(25-39(33)47-41(34)35)29-13-8-6-9-14-29;1-19(2,3)13-16-12-17(15-10-8-7-9-11-15)20-14-18(16)21(4,5)6;/h6-17,19-27H,1-5H3;7-10,12,14H,13H2,1-6H3;/q2*-1;. The number of fused-ring (bicyclic) bond motifs is 4. The molecule has 10 aromatic rings. The molecule has 69 heavy (non-hydrogen) atoms. The van der Waals surface area contributed by atoms with E-state index in [2.05, 4.69) is 200 Å². The summed E-state index contributed by atoms with van der Waals surface area (Å²) in [5.41, 5.74) is 17.3. The molecule has 4 aromatic heterocycles. The molecule has 0 aliphatic heterocycles. The Morgan fingerprint density at radius 2 is 1.30 bits per heavy atom. The predicted octanol–water partition coefficient (Wildman–Crippen LogP) is 16.4. The Hall–Kier alpha value is -6.24. The van der Waals surface area contributed by atoms with Crippen LogP contribution < -0.4 is 5.19 Å². The summed E-state index contributed by atoms with van der Waals surface area (Å²) >= 11 is 0. The second-order valence-electron chi connectivity index (χ2n) is 21.0. The van der Waals surface area contributed by atoms with Gasteiger partial charge in [-0.25, -0.2) is 4.98 Å². The molecule has 1 radical (unpaired) electrons. The summed E-state index contributed by atoms with van der Waals surface area (Å²) in [4.78, 5) is 15.1. The predicted molar refractivity (Wildman–Crippen MR) is 289 cm³/mol. The molecule has 6 aromatic carbocycles. The first-order valence-electron chi connectivity index (χ1n) is 24.0. The number of imidazole rings is 1. The van der Waals surface area contributed by atoms with Crippen LogP contribution in [0.5, 0.6) is 0 Å². The van der Waals surface area contributed by atoms with E-state index in [4.69, 9.17) is 19.4 Å². The van der Waals surface area contributed by atoms with Gasteiger partial charge in [-0.1, -0.05) is 163 Å². The van der Waals surface area contributed by atoms with E-state index in [0.717, 1.165) is 84.7 Å². The summed E-state index contributed by atoms with van der Waals surface area (Å²) in [6.45, 7) is 25.2. The van der Waals surface area contributed by atoms with Gasteiger partial charge in [-0.15, -0.1) is 54.1 Å². The molecule has 0 N–H and O–H groups in total. The Labute approximate surface area is 423 Å². The van der Waals surface area contributed by atoms with Crippen LogP contribution in [0, 0.1) is 24.5 Å². The Bertz CT molecular complexity index is 3370. The van der Waals surface area contributed by atoms with Crippen molar-refractivity contribution in [2.24, 2.45) is 5.41 Å². The molecule has 0 unspecified atom stereocenters. The summed E-state index contributed by atoms with van der Waals surface area (Å²) in [7, 11) is -1.37. The van der Waals surface area contributed by atoms with Crippen molar-refractivity contribution in [3.05, 3.63) is 186 Å². The molecule has 0 spiro atoms. The molecule has 10 rings (SSSR count). The van der Waals surface area contributed by atoms with Gasteiger partial charge in [0.2, 0.25) is 0 Å². The molecule has 0 fully saturated rings. The molecule has 0 atom stereocenters. The first-order valence-corrected chi connectivity index (χ1v) is 27.5. The minimum absolute atomic E-state index is 0. The van der Waals surface area contributed by atoms with Crippen LogP contribution in [0.1, 0.15) is 82.7 Å². The van der Waals surface area contributed by atoms with E-state index in [1.165, 1.54) is 33.0 Å². The molecule has 0 aliphatic carbocycles. The van der Waals surface area contributed by atoms with Gasteiger partial charge in [0, 0.05) is 43.1 Å². The van der Waals surface area contributed by atoms with E-state index in [9.17, 15) is 0 Å². The van der Waals surface area contributed by atoms with Crippen molar-refractivity contribution >= 4 is 46.4 Å². The first kappa shape index (κ1) is 49.2. The molecule has 0 bridgehead atoms. The molecular weight excluding hydrogens is 1040 g/mol. The first-order chi connectivity index (χ1) is 32.5. The summed E-state index contributed by atoms with van der Waals surface area (Å²) in [5, 5.41) is 3.60. The van der Waals surface area contributed by atoms with E-state index < -0.39 is 8.07 Å². The zero-order chi connectivity index (χ0) is 47.9. The number of hydrogen-bond acceptors (Lipinski definition) is 4.